The van der Waals surface area contributed by atoms with E-state index in [-0.39, 0.29) is 17.6 Å². The Labute approximate surface area is 88.4 Å². The van der Waals surface area contributed by atoms with Crippen molar-refractivity contribution >= 4 is 5.97 Å². The smallest absolute Gasteiger partial charge is 0.320 e. The Bertz CT molecular complexity index is 384. The molecule has 0 amide bonds. The summed E-state index contributed by atoms with van der Waals surface area (Å²) < 4.78 is 5.45. The van der Waals surface area contributed by atoms with E-state index in [9.17, 15) is 4.79 Å². The largest absolute Gasteiger partial charge is 0.455 e. The molecule has 1 saturated heterocycles. The van der Waals surface area contributed by atoms with Crippen molar-refractivity contribution in [1.82, 2.24) is 5.32 Å². The first-order valence-electron chi connectivity index (χ1n) is 5.30. The van der Waals surface area contributed by atoms with E-state index in [1.54, 1.807) is 0 Å². The zero-order valence-corrected chi connectivity index (χ0v) is 8.40. The maximum atomic E-state index is 11.3. The second-order valence-corrected chi connectivity index (χ2v) is 4.29. The molecule has 78 valence electrons. The Balaban J connectivity index is 1.93. The number of ether oxygens (including phenoxy) is 1. The summed E-state index contributed by atoms with van der Waals surface area (Å²) in [6.45, 7) is 0.351. The number of rotatable bonds is 1. The quantitative estimate of drug-likeness (QED) is 0.701. The van der Waals surface area contributed by atoms with E-state index >= 15 is 0 Å². The number of morpholine rings is 1. The molecule has 1 aliphatic carbocycles. The van der Waals surface area contributed by atoms with Gasteiger partial charge in [0.2, 0.25) is 0 Å². The Kier molecular flexibility index (Phi) is 1.83. The first-order valence-corrected chi connectivity index (χ1v) is 5.30. The highest BCUT2D eigenvalue weighted by Gasteiger charge is 2.54. The van der Waals surface area contributed by atoms with Gasteiger partial charge >= 0.3 is 5.97 Å². The number of carbonyl (C=O) groups excluding carboxylic acids is 1. The van der Waals surface area contributed by atoms with Crippen LogP contribution in [0.25, 0.3) is 0 Å². The van der Waals surface area contributed by atoms with Crippen LogP contribution < -0.4 is 5.32 Å². The molecule has 0 bridgehead atoms. The van der Waals surface area contributed by atoms with Crippen LogP contribution in [0.2, 0.25) is 0 Å². The third-order valence-corrected chi connectivity index (χ3v) is 3.23. The number of hydrogen-bond acceptors (Lipinski definition) is 3. The van der Waals surface area contributed by atoms with Gasteiger partial charge in [-0.25, -0.2) is 0 Å². The summed E-state index contributed by atoms with van der Waals surface area (Å²) in [6.07, 6.45) is 2.10. The summed E-state index contributed by atoms with van der Waals surface area (Å²) in [6, 6.07) is 9.97. The SMILES string of the molecule is O=C1CNC2(CC2)C(c2ccccc2)O1. The summed E-state index contributed by atoms with van der Waals surface area (Å²) >= 11 is 0. The lowest BCUT2D eigenvalue weighted by Crippen LogP contribution is -2.48. The van der Waals surface area contributed by atoms with E-state index in [4.69, 9.17) is 4.74 Å². The number of benzene rings is 1. The molecule has 2 aliphatic rings. The molecular weight excluding hydrogens is 190 g/mol. The van der Waals surface area contributed by atoms with Gasteiger partial charge in [0, 0.05) is 0 Å². The summed E-state index contributed by atoms with van der Waals surface area (Å²) in [7, 11) is 0. The summed E-state index contributed by atoms with van der Waals surface area (Å²) in [5, 5.41) is 3.29. The van der Waals surface area contributed by atoms with Crippen LogP contribution in [0.15, 0.2) is 30.3 Å². The van der Waals surface area contributed by atoms with Gasteiger partial charge in [-0.05, 0) is 18.4 Å². The second-order valence-electron chi connectivity index (χ2n) is 4.29. The van der Waals surface area contributed by atoms with Crippen molar-refractivity contribution in [1.29, 1.82) is 0 Å². The highest BCUT2D eigenvalue weighted by atomic mass is 16.5. The molecule has 1 aromatic rings. The molecular formula is C12H13NO2. The molecule has 0 aromatic heterocycles. The summed E-state index contributed by atoms with van der Waals surface area (Å²) in [4.78, 5) is 11.3. The molecule has 1 atom stereocenters. The highest BCUT2D eigenvalue weighted by molar-refractivity contribution is 5.73. The van der Waals surface area contributed by atoms with Crippen LogP contribution >= 0.6 is 0 Å². The lowest BCUT2D eigenvalue weighted by molar-refractivity contribution is -0.156. The number of nitrogens with one attached hydrogen (secondary N) is 1. The fourth-order valence-corrected chi connectivity index (χ4v) is 2.22. The standard InChI is InChI=1S/C12H13NO2/c14-10-8-13-12(6-7-12)11(15-10)9-4-2-1-3-5-9/h1-5,11,13H,6-8H2. The first-order chi connectivity index (χ1) is 7.30. The molecule has 0 radical (unpaired) electrons. The normalized spacial score (nSPS) is 27.5. The van der Waals surface area contributed by atoms with Gasteiger partial charge in [0.1, 0.15) is 6.10 Å². The van der Waals surface area contributed by atoms with Crippen molar-refractivity contribution in [2.45, 2.75) is 24.5 Å². The molecule has 1 spiro atoms. The van der Waals surface area contributed by atoms with Crippen LogP contribution in [0.1, 0.15) is 24.5 Å². The Morgan fingerprint density at radius 3 is 2.67 bits per heavy atom. The van der Waals surface area contributed by atoms with E-state index in [0.29, 0.717) is 6.54 Å². The Hall–Kier alpha value is -1.35. The predicted octanol–water partition coefficient (Wildman–Crippen LogP) is 1.41. The molecule has 3 rings (SSSR count). The third-order valence-electron chi connectivity index (χ3n) is 3.23. The lowest BCUT2D eigenvalue weighted by Gasteiger charge is -2.32. The first kappa shape index (κ1) is 8.92. The van der Waals surface area contributed by atoms with Gasteiger partial charge in [0.15, 0.2) is 0 Å². The van der Waals surface area contributed by atoms with Crippen LogP contribution in [-0.4, -0.2) is 18.1 Å². The number of cyclic esters (lactones) is 1. The van der Waals surface area contributed by atoms with Gasteiger partial charge in [-0.3, -0.25) is 10.1 Å². The van der Waals surface area contributed by atoms with Crippen molar-refractivity contribution < 1.29 is 9.53 Å². The van der Waals surface area contributed by atoms with Crippen molar-refractivity contribution in [2.75, 3.05) is 6.54 Å². The van der Waals surface area contributed by atoms with E-state index < -0.39 is 0 Å². The molecule has 3 nitrogen and oxygen atoms in total. The molecule has 1 aliphatic heterocycles. The highest BCUT2D eigenvalue weighted by Crippen LogP contribution is 2.49. The zero-order valence-electron chi connectivity index (χ0n) is 8.40. The molecule has 2 fully saturated rings. The molecule has 1 heterocycles. The molecule has 1 unspecified atom stereocenters. The number of carbonyl (C=O) groups is 1. The van der Waals surface area contributed by atoms with Crippen LogP contribution in [0.5, 0.6) is 0 Å². The maximum Gasteiger partial charge on any atom is 0.320 e. The van der Waals surface area contributed by atoms with Gasteiger partial charge in [0.05, 0.1) is 12.1 Å². The van der Waals surface area contributed by atoms with Crippen molar-refractivity contribution in [3.8, 4) is 0 Å². The Morgan fingerprint density at radius 2 is 2.00 bits per heavy atom. The average Bonchev–Trinajstić information content (AvgIpc) is 3.04. The molecule has 1 aromatic carbocycles. The topological polar surface area (TPSA) is 38.3 Å². The molecule has 1 N–H and O–H groups in total. The van der Waals surface area contributed by atoms with E-state index in [1.807, 2.05) is 30.3 Å². The molecule has 1 saturated carbocycles. The van der Waals surface area contributed by atoms with Crippen LogP contribution in [0.3, 0.4) is 0 Å². The van der Waals surface area contributed by atoms with Gasteiger partial charge in [0.25, 0.3) is 0 Å². The zero-order chi connectivity index (χ0) is 10.3. The van der Waals surface area contributed by atoms with Gasteiger partial charge in [-0.15, -0.1) is 0 Å². The predicted molar refractivity (Wildman–Crippen MR) is 55.2 cm³/mol. The minimum atomic E-state index is -0.152. The van der Waals surface area contributed by atoms with Gasteiger partial charge < -0.3 is 4.74 Å². The maximum absolute atomic E-state index is 11.3. The summed E-state index contributed by atoms with van der Waals surface area (Å²) in [5.74, 6) is -0.152. The Morgan fingerprint density at radius 1 is 1.27 bits per heavy atom. The minimum absolute atomic E-state index is 0.0370. The molecule has 3 heteroatoms. The summed E-state index contributed by atoms with van der Waals surface area (Å²) in [5.41, 5.74) is 1.13. The van der Waals surface area contributed by atoms with E-state index in [1.165, 1.54) is 0 Å². The average molecular weight is 203 g/mol. The monoisotopic (exact) mass is 203 g/mol. The van der Waals surface area contributed by atoms with Crippen LogP contribution in [-0.2, 0) is 9.53 Å². The number of hydrogen-bond donors (Lipinski definition) is 1. The van der Waals surface area contributed by atoms with Crippen LogP contribution in [0.4, 0.5) is 0 Å². The van der Waals surface area contributed by atoms with Crippen molar-refractivity contribution in [3.63, 3.8) is 0 Å². The van der Waals surface area contributed by atoms with Gasteiger partial charge in [-0.2, -0.15) is 0 Å². The van der Waals surface area contributed by atoms with Crippen molar-refractivity contribution in [2.24, 2.45) is 0 Å². The van der Waals surface area contributed by atoms with E-state index in [2.05, 4.69) is 5.32 Å². The minimum Gasteiger partial charge on any atom is -0.455 e. The van der Waals surface area contributed by atoms with Crippen LogP contribution in [0, 0.1) is 0 Å². The van der Waals surface area contributed by atoms with E-state index in [0.717, 1.165) is 18.4 Å². The third kappa shape index (κ3) is 1.43. The fraction of sp³-hybridized carbons (Fsp3) is 0.417. The van der Waals surface area contributed by atoms with Crippen molar-refractivity contribution in [3.05, 3.63) is 35.9 Å². The molecule has 15 heavy (non-hydrogen) atoms. The lowest BCUT2D eigenvalue weighted by atomic mass is 9.99. The number of esters is 1. The van der Waals surface area contributed by atoms with Gasteiger partial charge in [-0.1, -0.05) is 30.3 Å². The second kappa shape index (κ2) is 3.07. The fourth-order valence-electron chi connectivity index (χ4n) is 2.22.